The van der Waals surface area contributed by atoms with Crippen molar-refractivity contribution in [1.82, 2.24) is 4.57 Å². The highest BCUT2D eigenvalue weighted by Gasteiger charge is 2.30. The minimum absolute atomic E-state index is 0.0425. The second-order valence-electron chi connectivity index (χ2n) is 5.66. The number of pyridine rings is 1. The number of hydrogen-bond donors (Lipinski definition) is 0. The Kier molecular flexibility index (Phi) is 3.76. The first kappa shape index (κ1) is 15.5. The maximum Gasteiger partial charge on any atom is 0.343 e. The Morgan fingerprint density at radius 3 is 2.86 bits per heavy atom. The third kappa shape index (κ3) is 2.34. The number of rotatable bonds is 2. The minimum atomic E-state index is -0.632. The van der Waals surface area contributed by atoms with Crippen LogP contribution in [-0.4, -0.2) is 17.1 Å². The van der Waals surface area contributed by atoms with Crippen LogP contribution in [-0.2, 0) is 21.8 Å². The first-order chi connectivity index (χ1) is 10.3. The largest absolute Gasteiger partial charge is 0.462 e. The van der Waals surface area contributed by atoms with Gasteiger partial charge in [-0.15, -0.1) is 0 Å². The van der Waals surface area contributed by atoms with Crippen molar-refractivity contribution in [3.8, 4) is 0 Å². The number of carbonyl (C=O) groups is 1. The molecule has 22 heavy (non-hydrogen) atoms. The Morgan fingerprint density at radius 2 is 2.18 bits per heavy atom. The van der Waals surface area contributed by atoms with Gasteiger partial charge in [-0.25, -0.2) is 4.79 Å². The number of ether oxygens (including phenoxy) is 2. The molecule has 0 atom stereocenters. The van der Waals surface area contributed by atoms with Crippen LogP contribution in [0, 0.1) is 3.57 Å². The molecule has 3 rings (SSSR count). The maximum atomic E-state index is 12.7. The topological polar surface area (TPSA) is 57.5 Å². The second-order valence-corrected chi connectivity index (χ2v) is 6.90. The molecule has 0 saturated carbocycles. The fraction of sp³-hybridized carbons (Fsp3) is 0.375. The normalized spacial score (nSPS) is 15.8. The average molecular weight is 413 g/mol. The number of aromatic nitrogens is 1. The summed E-state index contributed by atoms with van der Waals surface area (Å²) in [5, 5.41) is 0.531. The summed E-state index contributed by atoms with van der Waals surface area (Å²) in [5.41, 5.74) is 0.902. The SMILES string of the molecule is CCOC(=O)c1cn2c3c(cc(I)cc3c1=O)COC2(C)C. The molecule has 0 fully saturated rings. The first-order valence-corrected chi connectivity index (χ1v) is 8.12. The third-order valence-corrected chi connectivity index (χ3v) is 4.42. The van der Waals surface area contributed by atoms with E-state index in [9.17, 15) is 9.59 Å². The molecule has 2 aromatic rings. The molecular weight excluding hydrogens is 397 g/mol. The number of hydrogen-bond acceptors (Lipinski definition) is 4. The van der Waals surface area contributed by atoms with Crippen molar-refractivity contribution in [2.45, 2.75) is 33.1 Å². The van der Waals surface area contributed by atoms with Crippen LogP contribution in [0.5, 0.6) is 0 Å². The Bertz CT molecular complexity index is 838. The standard InChI is InChI=1S/C16H16INO4/c1-4-21-15(20)12-7-18-13-9(8-22-16(18,2)3)5-10(17)6-11(13)14(12)19/h5-7H,4,8H2,1-3H3. The highest BCUT2D eigenvalue weighted by Crippen LogP contribution is 2.33. The summed E-state index contributed by atoms with van der Waals surface area (Å²) in [6.07, 6.45) is 1.55. The van der Waals surface area contributed by atoms with Crippen molar-refractivity contribution in [2.24, 2.45) is 0 Å². The van der Waals surface area contributed by atoms with Crippen molar-refractivity contribution in [2.75, 3.05) is 6.61 Å². The van der Waals surface area contributed by atoms with Gasteiger partial charge in [0.1, 0.15) is 11.3 Å². The lowest BCUT2D eigenvalue weighted by Crippen LogP contribution is -2.36. The summed E-state index contributed by atoms with van der Waals surface area (Å²) in [6.45, 7) is 6.21. The van der Waals surface area contributed by atoms with Gasteiger partial charge >= 0.3 is 5.97 Å². The molecule has 116 valence electrons. The van der Waals surface area contributed by atoms with Crippen molar-refractivity contribution < 1.29 is 14.3 Å². The highest BCUT2D eigenvalue weighted by atomic mass is 127. The molecule has 0 radical (unpaired) electrons. The van der Waals surface area contributed by atoms with Crippen LogP contribution in [0.25, 0.3) is 10.9 Å². The minimum Gasteiger partial charge on any atom is -0.462 e. The first-order valence-electron chi connectivity index (χ1n) is 7.04. The van der Waals surface area contributed by atoms with Crippen LogP contribution < -0.4 is 5.43 Å². The molecule has 1 aliphatic heterocycles. The van der Waals surface area contributed by atoms with Crippen molar-refractivity contribution in [3.63, 3.8) is 0 Å². The summed E-state index contributed by atoms with van der Waals surface area (Å²) in [6, 6.07) is 3.81. The Hall–Kier alpha value is -1.41. The van der Waals surface area contributed by atoms with Crippen molar-refractivity contribution in [1.29, 1.82) is 0 Å². The Labute approximate surface area is 141 Å². The fourth-order valence-electron chi connectivity index (χ4n) is 2.72. The van der Waals surface area contributed by atoms with E-state index < -0.39 is 11.7 Å². The molecule has 1 aromatic carbocycles. The zero-order valence-electron chi connectivity index (χ0n) is 12.6. The van der Waals surface area contributed by atoms with Crippen LogP contribution in [0.4, 0.5) is 0 Å². The molecule has 5 nitrogen and oxygen atoms in total. The lowest BCUT2D eigenvalue weighted by atomic mass is 10.0. The summed E-state index contributed by atoms with van der Waals surface area (Å²) in [4.78, 5) is 24.8. The van der Waals surface area contributed by atoms with Gasteiger partial charge in [-0.05, 0) is 55.5 Å². The van der Waals surface area contributed by atoms with E-state index in [2.05, 4.69) is 22.6 Å². The van der Waals surface area contributed by atoms with Crippen LogP contribution >= 0.6 is 22.6 Å². The van der Waals surface area contributed by atoms with Gasteiger partial charge in [0, 0.05) is 20.7 Å². The van der Waals surface area contributed by atoms with E-state index in [1.54, 1.807) is 13.1 Å². The van der Waals surface area contributed by atoms with Gasteiger partial charge in [-0.2, -0.15) is 0 Å². The number of benzene rings is 1. The third-order valence-electron chi connectivity index (χ3n) is 3.80. The lowest BCUT2D eigenvalue weighted by molar-refractivity contribution is -0.0937. The zero-order chi connectivity index (χ0) is 16.1. The molecule has 6 heteroatoms. The summed E-state index contributed by atoms with van der Waals surface area (Å²) in [7, 11) is 0. The lowest BCUT2D eigenvalue weighted by Gasteiger charge is -2.35. The van der Waals surface area contributed by atoms with Gasteiger partial charge in [-0.3, -0.25) is 4.79 Å². The van der Waals surface area contributed by atoms with Gasteiger partial charge < -0.3 is 14.0 Å². The van der Waals surface area contributed by atoms with Crippen LogP contribution in [0.1, 0.15) is 36.7 Å². The summed E-state index contributed by atoms with van der Waals surface area (Å²) >= 11 is 2.16. The Balaban J connectivity index is 2.42. The fourth-order valence-corrected chi connectivity index (χ4v) is 3.41. The smallest absolute Gasteiger partial charge is 0.343 e. The van der Waals surface area contributed by atoms with Gasteiger partial charge in [0.15, 0.2) is 0 Å². The number of carbonyl (C=O) groups excluding carboxylic acids is 1. The second kappa shape index (κ2) is 5.34. The van der Waals surface area contributed by atoms with E-state index in [-0.39, 0.29) is 17.6 Å². The highest BCUT2D eigenvalue weighted by molar-refractivity contribution is 14.1. The van der Waals surface area contributed by atoms with E-state index >= 15 is 0 Å². The summed E-state index contributed by atoms with van der Waals surface area (Å²) in [5.74, 6) is -0.597. The van der Waals surface area contributed by atoms with Crippen molar-refractivity contribution in [3.05, 3.63) is 43.2 Å². The predicted molar refractivity (Wildman–Crippen MR) is 91.0 cm³/mol. The van der Waals surface area contributed by atoms with Crippen LogP contribution in [0.15, 0.2) is 23.1 Å². The van der Waals surface area contributed by atoms with Gasteiger partial charge in [0.25, 0.3) is 0 Å². The maximum absolute atomic E-state index is 12.7. The predicted octanol–water partition coefficient (Wildman–Crippen LogP) is 3.01. The molecule has 0 saturated heterocycles. The Morgan fingerprint density at radius 1 is 1.45 bits per heavy atom. The van der Waals surface area contributed by atoms with Gasteiger partial charge in [-0.1, -0.05) is 0 Å². The molecule has 0 spiro atoms. The van der Waals surface area contributed by atoms with Crippen molar-refractivity contribution >= 4 is 39.5 Å². The summed E-state index contributed by atoms with van der Waals surface area (Å²) < 4.78 is 13.7. The monoisotopic (exact) mass is 413 g/mol. The molecule has 1 aromatic heterocycles. The quantitative estimate of drug-likeness (QED) is 0.561. The van der Waals surface area contributed by atoms with E-state index in [1.165, 1.54) is 0 Å². The molecule has 2 heterocycles. The van der Waals surface area contributed by atoms with Gasteiger partial charge in [0.05, 0.1) is 18.7 Å². The molecular formula is C16H16INO4. The van der Waals surface area contributed by atoms with E-state index in [1.807, 2.05) is 30.5 Å². The molecule has 0 aliphatic carbocycles. The zero-order valence-corrected chi connectivity index (χ0v) is 14.8. The average Bonchev–Trinajstić information content (AvgIpc) is 2.45. The molecule has 0 unspecified atom stereocenters. The van der Waals surface area contributed by atoms with Crippen LogP contribution in [0.2, 0.25) is 0 Å². The molecule has 0 amide bonds. The molecule has 0 bridgehead atoms. The van der Waals surface area contributed by atoms with Gasteiger partial charge in [0.2, 0.25) is 5.43 Å². The van der Waals surface area contributed by atoms with E-state index in [0.29, 0.717) is 12.0 Å². The molecule has 0 N–H and O–H groups in total. The van der Waals surface area contributed by atoms with E-state index in [0.717, 1.165) is 14.7 Å². The number of halogens is 1. The van der Waals surface area contributed by atoms with Crippen LogP contribution in [0.3, 0.4) is 0 Å². The van der Waals surface area contributed by atoms with E-state index in [4.69, 9.17) is 9.47 Å². The number of nitrogens with zero attached hydrogens (tertiary/aromatic N) is 1. The number of esters is 1. The molecule has 1 aliphatic rings.